The minimum absolute atomic E-state index is 0.0526. The summed E-state index contributed by atoms with van der Waals surface area (Å²) in [7, 11) is 0. The highest BCUT2D eigenvalue weighted by atomic mass is 35.5. The van der Waals surface area contributed by atoms with Crippen LogP contribution in [-0.2, 0) is 4.74 Å². The molecule has 1 aliphatic heterocycles. The van der Waals surface area contributed by atoms with Crippen LogP contribution < -0.4 is 5.73 Å². The van der Waals surface area contributed by atoms with Crippen LogP contribution >= 0.6 is 11.6 Å². The van der Waals surface area contributed by atoms with Crippen molar-refractivity contribution in [1.82, 2.24) is 4.90 Å². The molecular formula is C16H22ClFN2O2. The number of carbonyl (C=O) groups is 1. The van der Waals surface area contributed by atoms with E-state index in [0.29, 0.717) is 19.5 Å². The number of nitrogens with two attached hydrogens (primary N) is 1. The van der Waals surface area contributed by atoms with Crippen LogP contribution in [0.4, 0.5) is 9.18 Å². The second-order valence-electron chi connectivity index (χ2n) is 6.66. The van der Waals surface area contributed by atoms with Crippen LogP contribution in [0.2, 0.25) is 5.02 Å². The highest BCUT2D eigenvalue weighted by Gasteiger charge is 2.32. The molecule has 6 heteroatoms. The van der Waals surface area contributed by atoms with Crippen molar-refractivity contribution in [1.29, 1.82) is 0 Å². The fourth-order valence-corrected chi connectivity index (χ4v) is 2.82. The zero-order chi connectivity index (χ0) is 16.5. The molecule has 0 bridgehead atoms. The maximum atomic E-state index is 13.3. The van der Waals surface area contributed by atoms with Gasteiger partial charge in [-0.05, 0) is 44.9 Å². The molecule has 1 amide bonds. The molecule has 22 heavy (non-hydrogen) atoms. The fourth-order valence-electron chi connectivity index (χ4n) is 2.63. The molecule has 0 radical (unpaired) electrons. The number of benzene rings is 1. The van der Waals surface area contributed by atoms with Gasteiger partial charge in [-0.1, -0.05) is 17.7 Å². The summed E-state index contributed by atoms with van der Waals surface area (Å²) in [6.07, 6.45) is 0.348. The lowest BCUT2D eigenvalue weighted by atomic mass is 9.86. The summed E-state index contributed by atoms with van der Waals surface area (Å²) < 4.78 is 18.6. The Bertz CT molecular complexity index is 560. The van der Waals surface area contributed by atoms with E-state index in [1.807, 2.05) is 20.8 Å². The fraction of sp³-hybridized carbons (Fsp3) is 0.562. The number of hydrogen-bond acceptors (Lipinski definition) is 3. The van der Waals surface area contributed by atoms with E-state index in [2.05, 4.69) is 0 Å². The summed E-state index contributed by atoms with van der Waals surface area (Å²) in [6, 6.07) is 4.44. The first-order valence-electron chi connectivity index (χ1n) is 7.36. The molecule has 1 heterocycles. The molecule has 1 saturated heterocycles. The zero-order valence-corrected chi connectivity index (χ0v) is 13.9. The summed E-state index contributed by atoms with van der Waals surface area (Å²) in [5.41, 5.74) is 6.58. The van der Waals surface area contributed by atoms with Crippen LogP contribution in [0, 0.1) is 5.82 Å². The minimum Gasteiger partial charge on any atom is -0.444 e. The number of carbonyl (C=O) groups excluding carboxylic acids is 1. The van der Waals surface area contributed by atoms with Crippen molar-refractivity contribution in [2.75, 3.05) is 13.1 Å². The summed E-state index contributed by atoms with van der Waals surface area (Å²) >= 11 is 5.83. The number of halogens is 2. The molecule has 1 aromatic rings. The highest BCUT2D eigenvalue weighted by molar-refractivity contribution is 6.30. The van der Waals surface area contributed by atoms with Gasteiger partial charge in [-0.3, -0.25) is 0 Å². The largest absolute Gasteiger partial charge is 0.444 e. The molecule has 2 unspecified atom stereocenters. The number of likely N-dealkylation sites (tertiary alicyclic amines) is 1. The minimum atomic E-state index is -0.525. The van der Waals surface area contributed by atoms with Gasteiger partial charge in [0.05, 0.1) is 5.02 Å². The first kappa shape index (κ1) is 17.0. The van der Waals surface area contributed by atoms with E-state index in [-0.39, 0.29) is 23.1 Å². The quantitative estimate of drug-likeness (QED) is 0.858. The number of ether oxygens (including phenoxy) is 1. The molecule has 122 valence electrons. The molecule has 4 nitrogen and oxygen atoms in total. The average Bonchev–Trinajstić information content (AvgIpc) is 2.40. The molecule has 2 atom stereocenters. The summed E-state index contributed by atoms with van der Waals surface area (Å²) in [4.78, 5) is 13.7. The molecule has 1 aromatic carbocycles. The predicted octanol–water partition coefficient (Wildman–Crippen LogP) is 3.53. The van der Waals surface area contributed by atoms with Gasteiger partial charge in [-0.2, -0.15) is 0 Å². The van der Waals surface area contributed by atoms with E-state index in [1.54, 1.807) is 17.0 Å². The predicted molar refractivity (Wildman–Crippen MR) is 84.6 cm³/mol. The third-order valence-electron chi connectivity index (χ3n) is 3.68. The Labute approximate surface area is 135 Å². The van der Waals surface area contributed by atoms with Crippen molar-refractivity contribution in [3.05, 3.63) is 34.6 Å². The highest BCUT2D eigenvalue weighted by Crippen LogP contribution is 2.30. The molecule has 2 N–H and O–H groups in total. The lowest BCUT2D eigenvalue weighted by Crippen LogP contribution is -2.50. The van der Waals surface area contributed by atoms with Crippen LogP contribution in [0.15, 0.2) is 18.2 Å². The van der Waals surface area contributed by atoms with Crippen LogP contribution in [0.25, 0.3) is 0 Å². The van der Waals surface area contributed by atoms with E-state index in [1.165, 1.54) is 6.07 Å². The van der Waals surface area contributed by atoms with Crippen LogP contribution in [-0.4, -0.2) is 35.7 Å². The van der Waals surface area contributed by atoms with Crippen molar-refractivity contribution in [2.45, 2.75) is 44.8 Å². The Morgan fingerprint density at radius 1 is 1.45 bits per heavy atom. The van der Waals surface area contributed by atoms with E-state index >= 15 is 0 Å². The molecule has 0 spiro atoms. The van der Waals surface area contributed by atoms with E-state index in [9.17, 15) is 9.18 Å². The maximum absolute atomic E-state index is 13.3. The van der Waals surface area contributed by atoms with Crippen molar-refractivity contribution in [3.63, 3.8) is 0 Å². The Morgan fingerprint density at radius 2 is 2.14 bits per heavy atom. The van der Waals surface area contributed by atoms with Crippen LogP contribution in [0.5, 0.6) is 0 Å². The monoisotopic (exact) mass is 328 g/mol. The van der Waals surface area contributed by atoms with Gasteiger partial charge < -0.3 is 15.4 Å². The normalized spacial score (nSPS) is 22.5. The molecule has 0 aliphatic carbocycles. The van der Waals surface area contributed by atoms with E-state index < -0.39 is 11.4 Å². The standard InChI is InChI=1S/C16H22ClFN2O2/c1-16(2,3)22-15(21)20-7-6-11(14(19)9-20)10-4-5-13(18)12(17)8-10/h4-5,8,11,14H,6-7,9,19H2,1-3H3. The van der Waals surface area contributed by atoms with Crippen molar-refractivity contribution >= 4 is 17.7 Å². The van der Waals surface area contributed by atoms with Gasteiger partial charge in [-0.25, -0.2) is 9.18 Å². The number of nitrogens with zero attached hydrogens (tertiary/aromatic N) is 1. The molecule has 0 saturated carbocycles. The molecule has 1 fully saturated rings. The summed E-state index contributed by atoms with van der Waals surface area (Å²) in [6.45, 7) is 6.46. The average molecular weight is 329 g/mol. The first-order valence-corrected chi connectivity index (χ1v) is 7.73. The molecular weight excluding hydrogens is 307 g/mol. The van der Waals surface area contributed by atoms with Gasteiger partial charge >= 0.3 is 6.09 Å². The Morgan fingerprint density at radius 3 is 2.68 bits per heavy atom. The molecule has 2 rings (SSSR count). The summed E-state index contributed by atoms with van der Waals surface area (Å²) in [5.74, 6) is -0.387. The van der Waals surface area contributed by atoms with E-state index in [4.69, 9.17) is 22.1 Å². The smallest absolute Gasteiger partial charge is 0.410 e. The second kappa shape index (κ2) is 6.42. The number of amides is 1. The SMILES string of the molecule is CC(C)(C)OC(=O)N1CCC(c2ccc(F)c(Cl)c2)C(N)C1. The molecule has 1 aliphatic rings. The molecule has 0 aromatic heterocycles. The van der Waals surface area contributed by atoms with Crippen LogP contribution in [0.1, 0.15) is 38.7 Å². The van der Waals surface area contributed by atoms with E-state index in [0.717, 1.165) is 5.56 Å². The van der Waals surface area contributed by atoms with Crippen molar-refractivity contribution < 1.29 is 13.9 Å². The Hall–Kier alpha value is -1.33. The lowest BCUT2D eigenvalue weighted by Gasteiger charge is -2.37. The maximum Gasteiger partial charge on any atom is 0.410 e. The summed E-state index contributed by atoms with van der Waals surface area (Å²) in [5, 5.41) is 0.0965. The van der Waals surface area contributed by atoms with Gasteiger partial charge in [0, 0.05) is 25.0 Å². The van der Waals surface area contributed by atoms with Gasteiger partial charge in [0.2, 0.25) is 0 Å². The number of piperidine rings is 1. The zero-order valence-electron chi connectivity index (χ0n) is 13.1. The van der Waals surface area contributed by atoms with Gasteiger partial charge in [-0.15, -0.1) is 0 Å². The number of rotatable bonds is 1. The van der Waals surface area contributed by atoms with Crippen molar-refractivity contribution in [3.8, 4) is 0 Å². The third kappa shape index (κ3) is 4.11. The third-order valence-corrected chi connectivity index (χ3v) is 3.97. The second-order valence-corrected chi connectivity index (χ2v) is 7.07. The van der Waals surface area contributed by atoms with Gasteiger partial charge in [0.1, 0.15) is 11.4 Å². The lowest BCUT2D eigenvalue weighted by molar-refractivity contribution is 0.0186. The van der Waals surface area contributed by atoms with Crippen LogP contribution in [0.3, 0.4) is 0 Å². The van der Waals surface area contributed by atoms with Crippen molar-refractivity contribution in [2.24, 2.45) is 5.73 Å². The topological polar surface area (TPSA) is 55.6 Å². The Kier molecular flexibility index (Phi) is 4.97. The number of hydrogen-bond donors (Lipinski definition) is 1. The van der Waals surface area contributed by atoms with Gasteiger partial charge in [0.15, 0.2) is 0 Å². The first-order chi connectivity index (χ1) is 10.2. The Balaban J connectivity index is 2.03. The van der Waals surface area contributed by atoms with Gasteiger partial charge in [0.25, 0.3) is 0 Å².